The predicted molar refractivity (Wildman–Crippen MR) is 209 cm³/mol. The van der Waals surface area contributed by atoms with Crippen LogP contribution in [0.15, 0.2) is 0 Å². The van der Waals surface area contributed by atoms with Gasteiger partial charge >= 0.3 is 0 Å². The van der Waals surface area contributed by atoms with E-state index in [-0.39, 0.29) is 0 Å². The van der Waals surface area contributed by atoms with Crippen molar-refractivity contribution in [2.45, 2.75) is 184 Å². The Morgan fingerprint density at radius 1 is 0.304 bits per heavy atom. The first-order valence-corrected chi connectivity index (χ1v) is 21.5. The van der Waals surface area contributed by atoms with Crippen LogP contribution in [0, 0.1) is 0 Å². The highest BCUT2D eigenvalue weighted by atomic mass is 16.8. The van der Waals surface area contributed by atoms with E-state index in [1.54, 1.807) is 0 Å². The summed E-state index contributed by atoms with van der Waals surface area (Å²) in [5.41, 5.74) is 0. The Kier molecular flexibility index (Phi) is 13.2. The number of aliphatic hydroxyl groups excluding tert-OH is 18. The molecule has 0 aliphatic carbocycles. The van der Waals surface area contributed by atoms with Crippen LogP contribution in [0.5, 0.6) is 0 Å². The van der Waals surface area contributed by atoms with Crippen molar-refractivity contribution in [3.05, 3.63) is 0 Å². The number of hydrogen-bond acceptors (Lipinski definition) is 31. The first kappa shape index (κ1) is 36.7. The Hall–Kier alpha value is -1.24. The molecule has 0 amide bonds. The van der Waals surface area contributed by atoms with Gasteiger partial charge in [-0.15, -0.1) is 0 Å². The number of aliphatic hydroxyl groups is 18. The topological polar surface area (TPSA) is 484 Å². The van der Waals surface area contributed by atoms with Crippen molar-refractivity contribution in [1.29, 1.82) is 25.8 Å². The molecular formula is C38H66O31. The summed E-state index contributed by atoms with van der Waals surface area (Å²) in [6.45, 7) is -4.14. The molecule has 0 aromatic carbocycles. The molecule has 6 heterocycles. The van der Waals surface area contributed by atoms with E-state index in [9.17, 15) is 0 Å². The van der Waals surface area contributed by atoms with E-state index >= 15 is 0 Å². The van der Waals surface area contributed by atoms with Gasteiger partial charge in [0, 0.05) is 14.2 Å². The molecule has 0 saturated carbocycles. The minimum Gasteiger partial charge on any atom is -0.394 e. The fourth-order valence-electron chi connectivity index (χ4n) is 8.61. The molecule has 18 N–H and O–H groups in total. The van der Waals surface area contributed by atoms with Gasteiger partial charge in [0.1, 0.15) is 146 Å². The number of methoxy groups -OCH3 is 2. The molecular weight excluding hydrogens is 952 g/mol. The number of rotatable bonds is 36. The highest BCUT2D eigenvalue weighted by molar-refractivity contribution is 4.99. The van der Waals surface area contributed by atoms with Gasteiger partial charge in [-0.1, -0.05) is 0 Å². The highest BCUT2D eigenvalue weighted by Gasteiger charge is 2.57. The largest absolute Gasteiger partial charge is 0.394 e. The SMILES string of the molecule is [2H]OCC1OC(OCC2OC(OC)C(O[2H])C(O[2H])C2OC2OC(CO[2H])C(OC3OC(CO[2H])C(OC4OC(CO[2H])C(OC5OC(CO[2H])C(OC)C(O[2H])C5O[2H])C(O[2H])C4O[2H])C(O[2H])C3O[2H])C(O[2H])C2O[2H])C(O[2H])C(O[2H])C1O[2H]. The molecule has 30 unspecified atom stereocenters. The van der Waals surface area contributed by atoms with E-state index in [4.69, 9.17) is 144 Å². The molecule has 6 rings (SSSR count). The lowest BCUT2D eigenvalue weighted by Crippen LogP contribution is -2.68. The Morgan fingerprint density at radius 2 is 0.609 bits per heavy atom. The molecule has 0 radical (unpaired) electrons. The average Bonchev–Trinajstić information content (AvgIpc) is 1.16. The first-order chi connectivity index (χ1) is 42.3. The second kappa shape index (κ2) is 24.9. The number of hydrogen-bond donors (Lipinski definition) is 18. The minimum atomic E-state index is -2.02. The van der Waals surface area contributed by atoms with Crippen molar-refractivity contribution in [2.24, 2.45) is 0 Å². The molecule has 6 aliphatic rings. The van der Waals surface area contributed by atoms with Gasteiger partial charge in [0.15, 0.2) is 37.7 Å². The molecule has 0 aromatic rings. The fraction of sp³-hybridized carbons (Fsp3) is 1.00. The molecule has 6 fully saturated rings. The molecule has 0 spiro atoms. The summed E-state index contributed by atoms with van der Waals surface area (Å²) in [6.07, 6.45) is -50.7. The average molecular weight is 1040 g/mol. The normalized spacial score (nSPS) is 55.6. The monoisotopic (exact) mass is 1040 g/mol. The summed E-state index contributed by atoms with van der Waals surface area (Å²) in [5.74, 6) is 0. The number of ether oxygens (including phenoxy) is 13. The van der Waals surface area contributed by atoms with E-state index < -0.39 is 224 Å². The van der Waals surface area contributed by atoms with Crippen LogP contribution in [0.2, 0.25) is 0 Å². The maximum Gasteiger partial charge on any atom is 0.211 e. The second-order valence-corrected chi connectivity index (χ2v) is 16.8. The zero-order valence-electron chi connectivity index (χ0n) is 54.2. The molecule has 6 aliphatic heterocycles. The van der Waals surface area contributed by atoms with Crippen molar-refractivity contribution in [2.75, 3.05) is 53.9 Å². The summed E-state index contributed by atoms with van der Waals surface area (Å²) >= 11 is 0. The van der Waals surface area contributed by atoms with E-state index in [1.807, 2.05) is 0 Å². The maximum atomic E-state index is 8.21. The lowest BCUT2D eigenvalue weighted by atomic mass is 9.95. The molecule has 31 heteroatoms. The predicted octanol–water partition coefficient (Wildman–Crippen LogP) is -12.8. The van der Waals surface area contributed by atoms with Crippen LogP contribution in [-0.4, -0.2) is 356 Å². The third kappa shape index (κ3) is 11.8. The zero-order valence-corrected chi connectivity index (χ0v) is 36.2. The quantitative estimate of drug-likeness (QED) is 0.0277. The fourth-order valence-corrected chi connectivity index (χ4v) is 8.61. The molecule has 6 saturated heterocycles. The Bertz CT molecular complexity index is 1910. The molecule has 69 heavy (non-hydrogen) atoms. The molecule has 31 nitrogen and oxygen atoms in total. The van der Waals surface area contributed by atoms with Crippen LogP contribution < -0.4 is 0 Å². The van der Waals surface area contributed by atoms with Gasteiger partial charge in [-0.25, -0.2) is 0 Å². The van der Waals surface area contributed by atoms with Crippen molar-refractivity contribution >= 4 is 0 Å². The van der Waals surface area contributed by atoms with Gasteiger partial charge in [0.05, 0.1) is 39.6 Å². The van der Waals surface area contributed by atoms with Crippen molar-refractivity contribution in [1.82, 2.24) is 0 Å². The van der Waals surface area contributed by atoms with E-state index in [0.717, 1.165) is 7.11 Å². The lowest BCUT2D eigenvalue weighted by molar-refractivity contribution is -0.394. The van der Waals surface area contributed by atoms with E-state index in [1.165, 1.54) is 7.11 Å². The van der Waals surface area contributed by atoms with Crippen LogP contribution in [0.4, 0.5) is 0 Å². The smallest absolute Gasteiger partial charge is 0.211 e. The summed E-state index contributed by atoms with van der Waals surface area (Å²) in [6, 6.07) is 0. The third-order valence-corrected chi connectivity index (χ3v) is 12.5. The molecule has 30 atom stereocenters. The summed E-state index contributed by atoms with van der Waals surface area (Å²) < 4.78 is 218. The third-order valence-electron chi connectivity index (χ3n) is 12.5. The van der Waals surface area contributed by atoms with Gasteiger partial charge in [0.2, 0.25) is 25.8 Å². The molecule has 404 valence electrons. The van der Waals surface area contributed by atoms with Gasteiger partial charge < -0.3 is 154 Å². The first-order valence-electron chi connectivity index (χ1n) is 28.8. The van der Waals surface area contributed by atoms with Gasteiger partial charge in [-0.2, -0.15) is 0 Å². The minimum absolute atomic E-state index is 0.488. The Morgan fingerprint density at radius 3 is 0.971 bits per heavy atom. The second-order valence-electron chi connectivity index (χ2n) is 16.8. The highest BCUT2D eigenvalue weighted by Crippen LogP contribution is 2.36. The van der Waals surface area contributed by atoms with Crippen LogP contribution in [0.25, 0.3) is 0 Å². The molecule has 0 bridgehead atoms. The van der Waals surface area contributed by atoms with Crippen LogP contribution in [-0.2, 0) is 61.6 Å². The van der Waals surface area contributed by atoms with Gasteiger partial charge in [0.25, 0.3) is 0 Å². The van der Waals surface area contributed by atoms with Crippen LogP contribution in [0.3, 0.4) is 0 Å². The summed E-state index contributed by atoms with van der Waals surface area (Å²) in [7, 11) is 2.36. The molecule has 0 aromatic heterocycles. The van der Waals surface area contributed by atoms with E-state index in [2.05, 4.69) is 35.8 Å². The van der Waals surface area contributed by atoms with Gasteiger partial charge in [-0.05, 0) is 0 Å². The van der Waals surface area contributed by atoms with Crippen molar-refractivity contribution < 1.29 is 154 Å². The lowest BCUT2D eigenvalue weighted by Gasteiger charge is -2.49. The van der Waals surface area contributed by atoms with E-state index in [0.29, 0.717) is 0 Å². The Labute approximate surface area is 418 Å². The summed E-state index contributed by atoms with van der Waals surface area (Å²) in [4.78, 5) is 0. The zero-order chi connectivity index (χ0) is 63.5. The Balaban J connectivity index is 1.25. The maximum absolute atomic E-state index is 8.21. The van der Waals surface area contributed by atoms with Crippen molar-refractivity contribution in [3.8, 4) is 0 Å². The van der Waals surface area contributed by atoms with Gasteiger partial charge in [-0.3, -0.25) is 0 Å². The summed E-state index contributed by atoms with van der Waals surface area (Å²) in [5, 5.41) is 86.2. The van der Waals surface area contributed by atoms with Crippen LogP contribution >= 0.6 is 0 Å². The standard InChI is InChI=1S/C38H66O31/c1-57-28-10(4-40)61-35(24(53)17(28)46)66-29-11(5-41)62-36(25(54)19(29)48)67-30-12(6-42)63-37(26(55)20(30)49)68-31-13(7-43)64-38(27(56)21(31)50)69-32-14(65-33(58-2)23(52)18(32)47)8-59-34-22(51)16(45)15(44)9(3-39)60-34/h9-56H,3-8H2,1-2H3/i39D,40D,41D,42D,43D,44D,45D,46D,47D,48D,49D,50D,51D,52D,53D,54D,55D,56D. The van der Waals surface area contributed by atoms with Crippen LogP contribution in [0.1, 0.15) is 0 Å². The van der Waals surface area contributed by atoms with Crippen molar-refractivity contribution in [3.63, 3.8) is 0 Å².